The third-order valence-corrected chi connectivity index (χ3v) is 2.73. The van der Waals surface area contributed by atoms with E-state index in [0.717, 1.165) is 25.0 Å². The fourth-order valence-electron chi connectivity index (χ4n) is 2.18. The van der Waals surface area contributed by atoms with Gasteiger partial charge in [0.2, 0.25) is 0 Å². The molecule has 0 aromatic carbocycles. The van der Waals surface area contributed by atoms with Gasteiger partial charge in [0.25, 0.3) is 0 Å². The van der Waals surface area contributed by atoms with Crippen molar-refractivity contribution in [3.63, 3.8) is 0 Å². The van der Waals surface area contributed by atoms with Crippen LogP contribution in [0.1, 0.15) is 40.0 Å². The van der Waals surface area contributed by atoms with Crippen LogP contribution < -0.4 is 0 Å². The van der Waals surface area contributed by atoms with E-state index < -0.39 is 11.8 Å². The minimum absolute atomic E-state index is 0.0399. The maximum atomic E-state index is 10.7. The topological polar surface area (TPSA) is 57.1 Å². The van der Waals surface area contributed by atoms with Gasteiger partial charge in [-0.15, -0.1) is 0 Å². The standard InChI is InChI=1S/C11H17NO4/c1-7(13)16-12-8-5-4-6-9-10(8)15-11(2,3)14-9/h9-10H,4-6H2,1-3H3/b12-8+/t9-,10+/m1/s1. The number of hydrogen-bond donors (Lipinski definition) is 0. The zero-order valence-electron chi connectivity index (χ0n) is 9.86. The summed E-state index contributed by atoms with van der Waals surface area (Å²) in [6, 6.07) is 0. The highest BCUT2D eigenvalue weighted by Crippen LogP contribution is 2.35. The maximum Gasteiger partial charge on any atom is 0.331 e. The second kappa shape index (κ2) is 4.14. The first-order chi connectivity index (χ1) is 7.48. The van der Waals surface area contributed by atoms with Gasteiger partial charge in [-0.3, -0.25) is 0 Å². The van der Waals surface area contributed by atoms with Gasteiger partial charge in [0.15, 0.2) is 5.79 Å². The lowest BCUT2D eigenvalue weighted by Gasteiger charge is -2.23. The summed E-state index contributed by atoms with van der Waals surface area (Å²) in [5, 5.41) is 3.85. The quantitative estimate of drug-likeness (QED) is 0.504. The van der Waals surface area contributed by atoms with Crippen LogP contribution in [0.2, 0.25) is 0 Å². The van der Waals surface area contributed by atoms with Gasteiger partial charge in [0.1, 0.15) is 6.10 Å². The average Bonchev–Trinajstić information content (AvgIpc) is 2.48. The normalized spacial score (nSPS) is 34.8. The summed E-state index contributed by atoms with van der Waals surface area (Å²) in [6.07, 6.45) is 2.63. The van der Waals surface area contributed by atoms with Crippen LogP contribution in [0.4, 0.5) is 0 Å². The Morgan fingerprint density at radius 3 is 2.94 bits per heavy atom. The van der Waals surface area contributed by atoms with Gasteiger partial charge in [-0.05, 0) is 33.1 Å². The number of oxime groups is 1. The Morgan fingerprint density at radius 2 is 2.25 bits per heavy atom. The SMILES string of the molecule is CC(=O)O/N=C1\CCC[C@H]2OC(C)(C)O[C@@H]12. The van der Waals surface area contributed by atoms with Crippen molar-refractivity contribution in [1.82, 2.24) is 0 Å². The van der Waals surface area contributed by atoms with Crippen LogP contribution in [-0.2, 0) is 19.1 Å². The number of fused-ring (bicyclic) bond motifs is 1. The van der Waals surface area contributed by atoms with E-state index in [4.69, 9.17) is 9.47 Å². The Kier molecular flexibility index (Phi) is 2.99. The molecule has 0 unspecified atom stereocenters. The minimum Gasteiger partial charge on any atom is -0.344 e. The van der Waals surface area contributed by atoms with E-state index in [2.05, 4.69) is 9.99 Å². The van der Waals surface area contributed by atoms with E-state index >= 15 is 0 Å². The molecule has 2 rings (SSSR count). The van der Waals surface area contributed by atoms with E-state index in [1.165, 1.54) is 6.92 Å². The van der Waals surface area contributed by atoms with Crippen molar-refractivity contribution in [2.45, 2.75) is 58.0 Å². The predicted octanol–water partition coefficient (Wildman–Crippen LogP) is 1.61. The van der Waals surface area contributed by atoms with E-state index in [-0.39, 0.29) is 12.2 Å². The molecule has 5 heteroatoms. The molecular formula is C11H17NO4. The van der Waals surface area contributed by atoms with Crippen molar-refractivity contribution < 1.29 is 19.1 Å². The molecule has 0 aromatic heterocycles. The van der Waals surface area contributed by atoms with Crippen LogP contribution in [0.5, 0.6) is 0 Å². The fourth-order valence-corrected chi connectivity index (χ4v) is 2.18. The van der Waals surface area contributed by atoms with Gasteiger partial charge in [0, 0.05) is 6.92 Å². The number of carbonyl (C=O) groups is 1. The highest BCUT2D eigenvalue weighted by molar-refractivity contribution is 5.90. The van der Waals surface area contributed by atoms with Gasteiger partial charge in [-0.2, -0.15) is 0 Å². The summed E-state index contributed by atoms with van der Waals surface area (Å²) in [5.41, 5.74) is 0.775. The molecule has 2 aliphatic rings. The van der Waals surface area contributed by atoms with Crippen molar-refractivity contribution in [3.8, 4) is 0 Å². The molecule has 0 radical (unpaired) electrons. The summed E-state index contributed by atoms with van der Waals surface area (Å²) < 4.78 is 11.5. The second-order valence-corrected chi connectivity index (χ2v) is 4.65. The number of carbonyl (C=O) groups excluding carboxylic acids is 1. The van der Waals surface area contributed by atoms with E-state index in [1.807, 2.05) is 13.8 Å². The Morgan fingerprint density at radius 1 is 1.50 bits per heavy atom. The van der Waals surface area contributed by atoms with Crippen LogP contribution in [-0.4, -0.2) is 29.7 Å². The summed E-state index contributed by atoms with van der Waals surface area (Å²) in [5.74, 6) is -0.982. The van der Waals surface area contributed by atoms with Crippen molar-refractivity contribution >= 4 is 11.7 Å². The lowest BCUT2D eigenvalue weighted by molar-refractivity contribution is -0.142. The molecule has 0 amide bonds. The molecule has 16 heavy (non-hydrogen) atoms. The van der Waals surface area contributed by atoms with Crippen molar-refractivity contribution in [3.05, 3.63) is 0 Å². The third kappa shape index (κ3) is 2.41. The molecule has 0 aromatic rings. The monoisotopic (exact) mass is 227 g/mol. The Hall–Kier alpha value is -0.940. The summed E-state index contributed by atoms with van der Waals surface area (Å²) in [7, 11) is 0. The highest BCUT2D eigenvalue weighted by Gasteiger charge is 2.45. The molecular weight excluding hydrogens is 210 g/mol. The molecule has 90 valence electrons. The minimum atomic E-state index is -0.573. The molecule has 1 saturated heterocycles. The molecule has 1 aliphatic heterocycles. The molecule has 2 fully saturated rings. The van der Waals surface area contributed by atoms with Gasteiger partial charge >= 0.3 is 5.97 Å². The van der Waals surface area contributed by atoms with Crippen LogP contribution in [0.15, 0.2) is 5.16 Å². The number of ether oxygens (including phenoxy) is 2. The summed E-state index contributed by atoms with van der Waals surface area (Å²) >= 11 is 0. The lowest BCUT2D eigenvalue weighted by Crippen LogP contribution is -2.35. The summed E-state index contributed by atoms with van der Waals surface area (Å²) in [4.78, 5) is 15.4. The molecule has 0 N–H and O–H groups in total. The predicted molar refractivity (Wildman–Crippen MR) is 56.9 cm³/mol. The molecule has 0 spiro atoms. The zero-order valence-corrected chi connectivity index (χ0v) is 9.86. The molecule has 2 atom stereocenters. The molecule has 1 saturated carbocycles. The zero-order chi connectivity index (χ0) is 11.8. The Labute approximate surface area is 94.7 Å². The lowest BCUT2D eigenvalue weighted by atomic mass is 9.93. The number of rotatable bonds is 1. The number of hydrogen-bond acceptors (Lipinski definition) is 5. The third-order valence-electron chi connectivity index (χ3n) is 2.73. The Balaban J connectivity index is 2.09. The van der Waals surface area contributed by atoms with Crippen molar-refractivity contribution in [1.29, 1.82) is 0 Å². The second-order valence-electron chi connectivity index (χ2n) is 4.65. The highest BCUT2D eigenvalue weighted by atomic mass is 16.8. The van der Waals surface area contributed by atoms with Gasteiger partial charge < -0.3 is 14.3 Å². The first kappa shape index (κ1) is 11.5. The molecule has 5 nitrogen and oxygen atoms in total. The average molecular weight is 227 g/mol. The van der Waals surface area contributed by atoms with Crippen LogP contribution in [0, 0.1) is 0 Å². The van der Waals surface area contributed by atoms with E-state index in [9.17, 15) is 4.79 Å². The van der Waals surface area contributed by atoms with Crippen LogP contribution in [0.25, 0.3) is 0 Å². The first-order valence-corrected chi connectivity index (χ1v) is 5.58. The van der Waals surface area contributed by atoms with Gasteiger partial charge in [-0.1, -0.05) is 5.16 Å². The maximum absolute atomic E-state index is 10.7. The largest absolute Gasteiger partial charge is 0.344 e. The smallest absolute Gasteiger partial charge is 0.331 e. The Bertz CT molecular complexity index is 324. The van der Waals surface area contributed by atoms with Gasteiger partial charge in [-0.25, -0.2) is 4.79 Å². The van der Waals surface area contributed by atoms with Crippen molar-refractivity contribution in [2.24, 2.45) is 5.16 Å². The van der Waals surface area contributed by atoms with E-state index in [0.29, 0.717) is 0 Å². The van der Waals surface area contributed by atoms with E-state index in [1.54, 1.807) is 0 Å². The first-order valence-electron chi connectivity index (χ1n) is 5.58. The van der Waals surface area contributed by atoms with Crippen LogP contribution in [0.3, 0.4) is 0 Å². The molecule has 0 bridgehead atoms. The number of nitrogens with zero attached hydrogens (tertiary/aromatic N) is 1. The van der Waals surface area contributed by atoms with Crippen LogP contribution >= 0.6 is 0 Å². The summed E-state index contributed by atoms with van der Waals surface area (Å²) in [6.45, 7) is 5.10. The van der Waals surface area contributed by atoms with Crippen molar-refractivity contribution in [2.75, 3.05) is 0 Å². The molecule has 1 heterocycles. The molecule has 1 aliphatic carbocycles. The fraction of sp³-hybridized carbons (Fsp3) is 0.818. The van der Waals surface area contributed by atoms with Gasteiger partial charge in [0.05, 0.1) is 11.8 Å².